The first kappa shape index (κ1) is 11.4. The summed E-state index contributed by atoms with van der Waals surface area (Å²) in [6, 6.07) is 0. The molecule has 0 saturated carbocycles. The molecule has 2 N–H and O–H groups in total. The monoisotopic (exact) mass is 172 g/mol. The van der Waals surface area contributed by atoms with Crippen LogP contribution < -0.4 is 10.6 Å². The van der Waals surface area contributed by atoms with E-state index in [1.807, 2.05) is 34.6 Å². The minimum absolute atomic E-state index is 0.0255. The predicted molar refractivity (Wildman–Crippen MR) is 51.0 cm³/mol. The number of hydrogen-bond donors (Lipinski definition) is 2. The lowest BCUT2D eigenvalue weighted by atomic mass is 10.0. The van der Waals surface area contributed by atoms with Crippen LogP contribution in [-0.2, 0) is 4.79 Å². The average Bonchev–Trinajstić information content (AvgIpc) is 1.84. The molecule has 0 aromatic carbocycles. The molecule has 0 aromatic rings. The van der Waals surface area contributed by atoms with E-state index in [0.29, 0.717) is 0 Å². The summed E-state index contributed by atoms with van der Waals surface area (Å²) >= 11 is 0. The normalized spacial score (nSPS) is 12.8. The first-order valence-electron chi connectivity index (χ1n) is 4.20. The van der Waals surface area contributed by atoms with Crippen molar-refractivity contribution in [2.24, 2.45) is 0 Å². The quantitative estimate of drug-likeness (QED) is 0.649. The Balaban J connectivity index is 4.23. The molecule has 0 heterocycles. The van der Waals surface area contributed by atoms with E-state index >= 15 is 0 Å². The van der Waals surface area contributed by atoms with Crippen LogP contribution in [0.25, 0.3) is 0 Å². The molecule has 0 atom stereocenters. The summed E-state index contributed by atoms with van der Waals surface area (Å²) in [5, 5.41) is 5.86. The van der Waals surface area contributed by atoms with Gasteiger partial charge in [-0.05, 0) is 41.7 Å². The van der Waals surface area contributed by atoms with Crippen molar-refractivity contribution < 1.29 is 4.79 Å². The molecule has 3 nitrogen and oxygen atoms in total. The highest BCUT2D eigenvalue weighted by atomic mass is 16.2. The Kier molecular flexibility index (Phi) is 3.27. The minimum Gasteiger partial charge on any atom is -0.350 e. The maximum atomic E-state index is 11.5. The fourth-order valence-corrected chi connectivity index (χ4v) is 0.610. The van der Waals surface area contributed by atoms with Crippen molar-refractivity contribution >= 4 is 5.91 Å². The highest BCUT2D eigenvalue weighted by molar-refractivity contribution is 5.85. The highest BCUT2D eigenvalue weighted by Gasteiger charge is 2.27. The first-order valence-corrected chi connectivity index (χ1v) is 4.20. The fraction of sp³-hybridized carbons (Fsp3) is 0.889. The third-order valence-corrected chi connectivity index (χ3v) is 1.68. The van der Waals surface area contributed by atoms with Gasteiger partial charge in [0, 0.05) is 5.54 Å². The Morgan fingerprint density at radius 3 is 1.75 bits per heavy atom. The zero-order valence-corrected chi connectivity index (χ0v) is 8.91. The van der Waals surface area contributed by atoms with Crippen molar-refractivity contribution in [1.82, 2.24) is 10.6 Å². The van der Waals surface area contributed by atoms with Crippen molar-refractivity contribution in [2.75, 3.05) is 7.05 Å². The van der Waals surface area contributed by atoms with Gasteiger partial charge in [0.15, 0.2) is 0 Å². The molecule has 0 aliphatic rings. The minimum atomic E-state index is -0.493. The van der Waals surface area contributed by atoms with E-state index in [1.165, 1.54) is 0 Å². The van der Waals surface area contributed by atoms with Gasteiger partial charge >= 0.3 is 0 Å². The van der Waals surface area contributed by atoms with Crippen molar-refractivity contribution in [2.45, 2.75) is 45.7 Å². The van der Waals surface area contributed by atoms with E-state index in [0.717, 1.165) is 0 Å². The molecule has 0 fully saturated rings. The first-order chi connectivity index (χ1) is 5.19. The molecule has 0 aliphatic carbocycles. The molecule has 3 heteroatoms. The van der Waals surface area contributed by atoms with Crippen LogP contribution in [-0.4, -0.2) is 24.0 Å². The van der Waals surface area contributed by atoms with Crippen molar-refractivity contribution in [1.29, 1.82) is 0 Å². The predicted octanol–water partition coefficient (Wildman–Crippen LogP) is 0.899. The molecule has 12 heavy (non-hydrogen) atoms. The Hall–Kier alpha value is -0.570. The molecule has 0 aliphatic heterocycles. The molecule has 0 aromatic heterocycles. The van der Waals surface area contributed by atoms with Crippen molar-refractivity contribution in [3.05, 3.63) is 0 Å². The third-order valence-electron chi connectivity index (χ3n) is 1.68. The summed E-state index contributed by atoms with van der Waals surface area (Å²) in [6.45, 7) is 9.62. The average molecular weight is 172 g/mol. The van der Waals surface area contributed by atoms with E-state index in [4.69, 9.17) is 0 Å². The molecule has 0 unspecified atom stereocenters. The Bertz CT molecular complexity index is 168. The molecular formula is C9H20N2O. The summed E-state index contributed by atoms with van der Waals surface area (Å²) in [6.07, 6.45) is 0. The molecule has 72 valence electrons. The van der Waals surface area contributed by atoms with Crippen LogP contribution in [0.2, 0.25) is 0 Å². The second-order valence-corrected chi connectivity index (χ2v) is 4.58. The van der Waals surface area contributed by atoms with Gasteiger partial charge in [-0.2, -0.15) is 0 Å². The lowest BCUT2D eigenvalue weighted by Gasteiger charge is -2.29. The van der Waals surface area contributed by atoms with Gasteiger partial charge in [0.25, 0.3) is 0 Å². The Morgan fingerprint density at radius 2 is 1.50 bits per heavy atom. The van der Waals surface area contributed by atoms with Gasteiger partial charge in [-0.15, -0.1) is 0 Å². The Morgan fingerprint density at radius 1 is 1.08 bits per heavy atom. The zero-order valence-electron chi connectivity index (χ0n) is 8.91. The largest absolute Gasteiger partial charge is 0.350 e. The van der Waals surface area contributed by atoms with Crippen LogP contribution in [0, 0.1) is 0 Å². The summed E-state index contributed by atoms with van der Waals surface area (Å²) in [5.74, 6) is 0.0255. The van der Waals surface area contributed by atoms with E-state index in [1.54, 1.807) is 7.05 Å². The summed E-state index contributed by atoms with van der Waals surface area (Å²) in [7, 11) is 1.78. The molecule has 0 rings (SSSR count). The maximum absolute atomic E-state index is 11.5. The molecule has 1 amide bonds. The van der Waals surface area contributed by atoms with Gasteiger partial charge in [-0.25, -0.2) is 0 Å². The second kappa shape index (κ2) is 3.44. The molecular weight excluding hydrogens is 152 g/mol. The van der Waals surface area contributed by atoms with Crippen LogP contribution in [0.15, 0.2) is 0 Å². The van der Waals surface area contributed by atoms with Crippen LogP contribution in [0.5, 0.6) is 0 Å². The number of likely N-dealkylation sites (N-methyl/N-ethyl adjacent to an activating group) is 1. The molecule has 0 bridgehead atoms. The standard InChI is InChI=1S/C9H20N2O/c1-8(2,3)11-7(12)9(4,5)10-6/h10H,1-6H3,(H,11,12). The van der Waals surface area contributed by atoms with Gasteiger partial charge in [0.2, 0.25) is 5.91 Å². The third kappa shape index (κ3) is 3.72. The van der Waals surface area contributed by atoms with E-state index < -0.39 is 5.54 Å². The second-order valence-electron chi connectivity index (χ2n) is 4.58. The van der Waals surface area contributed by atoms with E-state index in [9.17, 15) is 4.79 Å². The zero-order chi connectivity index (χ0) is 9.99. The van der Waals surface area contributed by atoms with Crippen LogP contribution in [0.3, 0.4) is 0 Å². The molecule has 0 spiro atoms. The number of carbonyl (C=O) groups excluding carboxylic acids is 1. The number of hydrogen-bond acceptors (Lipinski definition) is 2. The van der Waals surface area contributed by atoms with Gasteiger partial charge in [0.1, 0.15) is 0 Å². The lowest BCUT2D eigenvalue weighted by Crippen LogP contribution is -2.55. The topological polar surface area (TPSA) is 41.1 Å². The smallest absolute Gasteiger partial charge is 0.240 e. The van der Waals surface area contributed by atoms with Gasteiger partial charge < -0.3 is 10.6 Å². The van der Waals surface area contributed by atoms with E-state index in [-0.39, 0.29) is 11.4 Å². The number of nitrogens with one attached hydrogen (secondary N) is 2. The van der Waals surface area contributed by atoms with Crippen LogP contribution in [0.4, 0.5) is 0 Å². The van der Waals surface area contributed by atoms with Crippen molar-refractivity contribution in [3.8, 4) is 0 Å². The maximum Gasteiger partial charge on any atom is 0.240 e. The summed E-state index contributed by atoms with van der Waals surface area (Å²) < 4.78 is 0. The number of rotatable bonds is 2. The van der Waals surface area contributed by atoms with Gasteiger partial charge in [-0.3, -0.25) is 4.79 Å². The fourth-order valence-electron chi connectivity index (χ4n) is 0.610. The summed E-state index contributed by atoms with van der Waals surface area (Å²) in [5.41, 5.74) is -0.654. The SMILES string of the molecule is CNC(C)(C)C(=O)NC(C)(C)C. The molecule has 0 radical (unpaired) electrons. The van der Waals surface area contributed by atoms with Gasteiger partial charge in [0.05, 0.1) is 5.54 Å². The van der Waals surface area contributed by atoms with Gasteiger partial charge in [-0.1, -0.05) is 0 Å². The van der Waals surface area contributed by atoms with Crippen LogP contribution >= 0.6 is 0 Å². The van der Waals surface area contributed by atoms with Crippen molar-refractivity contribution in [3.63, 3.8) is 0 Å². The molecule has 0 saturated heterocycles. The highest BCUT2D eigenvalue weighted by Crippen LogP contribution is 2.05. The van der Waals surface area contributed by atoms with E-state index in [2.05, 4.69) is 10.6 Å². The lowest BCUT2D eigenvalue weighted by molar-refractivity contribution is -0.127. The number of amides is 1. The Labute approximate surface area is 74.9 Å². The van der Waals surface area contributed by atoms with Crippen LogP contribution in [0.1, 0.15) is 34.6 Å². The summed E-state index contributed by atoms with van der Waals surface area (Å²) in [4.78, 5) is 11.5. The number of carbonyl (C=O) groups is 1.